The number of fused-ring (bicyclic) bond motifs is 1. The first-order valence-corrected chi connectivity index (χ1v) is 6.89. The number of carbonyl (C=O) groups excluding carboxylic acids is 1. The molecular formula is C15H23N3O. The van der Waals surface area contributed by atoms with Crippen LogP contribution in [0.3, 0.4) is 0 Å². The fourth-order valence-corrected chi connectivity index (χ4v) is 2.42. The van der Waals surface area contributed by atoms with Crippen molar-refractivity contribution in [3.63, 3.8) is 0 Å². The topological polar surface area (TPSA) is 67.2 Å². The van der Waals surface area contributed by atoms with E-state index in [-0.39, 0.29) is 17.6 Å². The summed E-state index contributed by atoms with van der Waals surface area (Å²) in [6, 6.07) is 5.89. The van der Waals surface area contributed by atoms with Crippen LogP contribution in [0.1, 0.15) is 50.8 Å². The van der Waals surface area contributed by atoms with Crippen molar-refractivity contribution in [3.8, 4) is 0 Å². The van der Waals surface area contributed by atoms with Crippen molar-refractivity contribution < 1.29 is 4.79 Å². The average molecular weight is 261 g/mol. The molecule has 0 bridgehead atoms. The molecule has 4 N–H and O–H groups in total. The SMILES string of the molecule is CCC(C)(C)NC(=O)NC1CCc2c(N)cccc21. The van der Waals surface area contributed by atoms with E-state index in [0.717, 1.165) is 30.5 Å². The Morgan fingerprint density at radius 1 is 1.47 bits per heavy atom. The third-order valence-corrected chi connectivity index (χ3v) is 3.95. The molecule has 0 fully saturated rings. The minimum atomic E-state index is -0.179. The molecule has 4 nitrogen and oxygen atoms in total. The number of hydrogen-bond acceptors (Lipinski definition) is 2. The second-order valence-corrected chi connectivity index (χ2v) is 5.84. The van der Waals surface area contributed by atoms with Gasteiger partial charge in [-0.2, -0.15) is 0 Å². The van der Waals surface area contributed by atoms with Crippen molar-refractivity contribution in [1.82, 2.24) is 10.6 Å². The molecule has 1 unspecified atom stereocenters. The lowest BCUT2D eigenvalue weighted by Crippen LogP contribution is -2.48. The van der Waals surface area contributed by atoms with Gasteiger partial charge in [-0.1, -0.05) is 19.1 Å². The fraction of sp³-hybridized carbons (Fsp3) is 0.533. The summed E-state index contributed by atoms with van der Waals surface area (Å²) in [5.41, 5.74) is 8.95. The zero-order valence-electron chi connectivity index (χ0n) is 11.9. The quantitative estimate of drug-likeness (QED) is 0.732. The van der Waals surface area contributed by atoms with Gasteiger partial charge in [0.2, 0.25) is 0 Å². The highest BCUT2D eigenvalue weighted by Gasteiger charge is 2.26. The van der Waals surface area contributed by atoms with Crippen molar-refractivity contribution in [3.05, 3.63) is 29.3 Å². The van der Waals surface area contributed by atoms with Gasteiger partial charge in [0.1, 0.15) is 0 Å². The standard InChI is InChI=1S/C15H23N3O/c1-4-15(2,3)18-14(19)17-13-9-8-10-11(13)6-5-7-12(10)16/h5-7,13H,4,8-9,16H2,1-3H3,(H2,17,18,19). The Kier molecular flexibility index (Phi) is 3.69. The maximum absolute atomic E-state index is 12.0. The molecule has 0 spiro atoms. The Morgan fingerprint density at radius 3 is 2.89 bits per heavy atom. The number of urea groups is 1. The Labute approximate surface area is 114 Å². The van der Waals surface area contributed by atoms with E-state index >= 15 is 0 Å². The van der Waals surface area contributed by atoms with Crippen LogP contribution in [0.15, 0.2) is 18.2 Å². The van der Waals surface area contributed by atoms with Crippen molar-refractivity contribution in [1.29, 1.82) is 0 Å². The number of nitrogens with one attached hydrogen (secondary N) is 2. The first-order valence-electron chi connectivity index (χ1n) is 6.89. The zero-order chi connectivity index (χ0) is 14.0. The molecule has 4 heteroatoms. The van der Waals surface area contributed by atoms with E-state index in [0.29, 0.717) is 0 Å². The molecule has 2 rings (SSSR count). The summed E-state index contributed by atoms with van der Waals surface area (Å²) in [7, 11) is 0. The summed E-state index contributed by atoms with van der Waals surface area (Å²) in [5.74, 6) is 0. The van der Waals surface area contributed by atoms with E-state index in [1.165, 1.54) is 5.56 Å². The van der Waals surface area contributed by atoms with Gasteiger partial charge >= 0.3 is 6.03 Å². The number of nitrogen functional groups attached to an aromatic ring is 1. The van der Waals surface area contributed by atoms with E-state index in [2.05, 4.69) is 23.6 Å². The van der Waals surface area contributed by atoms with Crippen molar-refractivity contribution >= 4 is 11.7 Å². The Bertz CT molecular complexity index is 482. The molecule has 104 valence electrons. The van der Waals surface area contributed by atoms with E-state index in [1.807, 2.05) is 26.0 Å². The van der Waals surface area contributed by atoms with Gasteiger partial charge in [0, 0.05) is 11.2 Å². The van der Waals surface area contributed by atoms with Gasteiger partial charge in [-0.25, -0.2) is 4.79 Å². The molecule has 0 heterocycles. The third kappa shape index (κ3) is 3.00. The van der Waals surface area contributed by atoms with Crippen LogP contribution in [0.2, 0.25) is 0 Å². The van der Waals surface area contributed by atoms with E-state index in [9.17, 15) is 4.79 Å². The maximum atomic E-state index is 12.0. The van der Waals surface area contributed by atoms with Crippen LogP contribution in [-0.4, -0.2) is 11.6 Å². The van der Waals surface area contributed by atoms with Crippen molar-refractivity contribution in [2.75, 3.05) is 5.73 Å². The monoisotopic (exact) mass is 261 g/mol. The summed E-state index contributed by atoms with van der Waals surface area (Å²) in [5, 5.41) is 6.04. The predicted octanol–water partition coefficient (Wildman–Crippen LogP) is 2.74. The number of amides is 2. The summed E-state index contributed by atoms with van der Waals surface area (Å²) < 4.78 is 0. The zero-order valence-corrected chi connectivity index (χ0v) is 11.9. The van der Waals surface area contributed by atoms with Gasteiger partial charge in [0.05, 0.1) is 6.04 Å². The molecule has 0 aliphatic heterocycles. The molecule has 0 aromatic heterocycles. The van der Waals surface area contributed by atoms with Crippen LogP contribution in [0.5, 0.6) is 0 Å². The minimum Gasteiger partial charge on any atom is -0.398 e. The van der Waals surface area contributed by atoms with Crippen LogP contribution in [0.4, 0.5) is 10.5 Å². The van der Waals surface area contributed by atoms with E-state index < -0.39 is 0 Å². The minimum absolute atomic E-state index is 0.0751. The van der Waals surface area contributed by atoms with Crippen LogP contribution in [0.25, 0.3) is 0 Å². The van der Waals surface area contributed by atoms with Crippen molar-refractivity contribution in [2.45, 2.75) is 51.6 Å². The van der Waals surface area contributed by atoms with Crippen LogP contribution >= 0.6 is 0 Å². The lowest BCUT2D eigenvalue weighted by molar-refractivity contribution is 0.225. The van der Waals surface area contributed by atoms with Crippen LogP contribution in [0, 0.1) is 0 Å². The summed E-state index contributed by atoms with van der Waals surface area (Å²) in [6.07, 6.45) is 2.75. The average Bonchev–Trinajstić information content (AvgIpc) is 2.73. The number of nitrogens with two attached hydrogens (primary N) is 1. The summed E-state index contributed by atoms with van der Waals surface area (Å²) >= 11 is 0. The van der Waals surface area contributed by atoms with Crippen LogP contribution in [-0.2, 0) is 6.42 Å². The first kappa shape index (κ1) is 13.7. The predicted molar refractivity (Wildman–Crippen MR) is 78.0 cm³/mol. The number of anilines is 1. The summed E-state index contributed by atoms with van der Waals surface area (Å²) in [6.45, 7) is 6.10. The van der Waals surface area contributed by atoms with Crippen LogP contribution < -0.4 is 16.4 Å². The molecule has 1 aliphatic carbocycles. The lowest BCUT2D eigenvalue weighted by Gasteiger charge is -2.26. The Balaban J connectivity index is 2.04. The molecule has 2 amide bonds. The molecule has 0 saturated carbocycles. The van der Waals surface area contributed by atoms with Gasteiger partial charge in [0.15, 0.2) is 0 Å². The van der Waals surface area contributed by atoms with Gasteiger partial charge < -0.3 is 16.4 Å². The normalized spacial score (nSPS) is 17.9. The van der Waals surface area contributed by atoms with Gasteiger partial charge in [-0.15, -0.1) is 0 Å². The molecule has 0 saturated heterocycles. The molecule has 1 aromatic rings. The number of rotatable bonds is 3. The highest BCUT2D eigenvalue weighted by atomic mass is 16.2. The van der Waals surface area contributed by atoms with E-state index in [1.54, 1.807) is 0 Å². The Hall–Kier alpha value is -1.71. The largest absolute Gasteiger partial charge is 0.398 e. The Morgan fingerprint density at radius 2 is 2.21 bits per heavy atom. The molecule has 0 radical (unpaired) electrons. The van der Waals surface area contributed by atoms with Gasteiger partial charge in [-0.3, -0.25) is 0 Å². The molecule has 1 aromatic carbocycles. The van der Waals surface area contributed by atoms with E-state index in [4.69, 9.17) is 5.73 Å². The fourth-order valence-electron chi connectivity index (χ4n) is 2.42. The molecule has 1 atom stereocenters. The number of hydrogen-bond donors (Lipinski definition) is 3. The highest BCUT2D eigenvalue weighted by Crippen LogP contribution is 2.34. The molecule has 19 heavy (non-hydrogen) atoms. The van der Waals surface area contributed by atoms with Crippen molar-refractivity contribution in [2.24, 2.45) is 0 Å². The molecule has 1 aliphatic rings. The molecular weight excluding hydrogens is 238 g/mol. The second-order valence-electron chi connectivity index (χ2n) is 5.84. The van der Waals surface area contributed by atoms with Gasteiger partial charge in [0.25, 0.3) is 0 Å². The smallest absolute Gasteiger partial charge is 0.315 e. The third-order valence-electron chi connectivity index (χ3n) is 3.95. The number of benzene rings is 1. The second kappa shape index (κ2) is 5.11. The number of carbonyl (C=O) groups is 1. The highest BCUT2D eigenvalue weighted by molar-refractivity contribution is 5.75. The maximum Gasteiger partial charge on any atom is 0.315 e. The van der Waals surface area contributed by atoms with Gasteiger partial charge in [-0.05, 0) is 50.3 Å². The summed E-state index contributed by atoms with van der Waals surface area (Å²) in [4.78, 5) is 12.0. The first-order chi connectivity index (χ1) is 8.93. The lowest BCUT2D eigenvalue weighted by atomic mass is 10.0.